The minimum atomic E-state index is -1.02. The smallest absolute Gasteiger partial charge is 0.336 e. The van der Waals surface area contributed by atoms with Gasteiger partial charge in [0, 0.05) is 29.7 Å². The fourth-order valence-electron chi connectivity index (χ4n) is 2.66. The number of carbonyl (C=O) groups excluding carboxylic acids is 1. The molecule has 0 saturated heterocycles. The molecule has 0 aliphatic carbocycles. The van der Waals surface area contributed by atoms with Crippen molar-refractivity contribution in [2.75, 3.05) is 7.11 Å². The Morgan fingerprint density at radius 3 is 2.38 bits per heavy atom. The number of aromatic nitrogens is 1. The molecular weight excluding hydrogens is 272 g/mol. The monoisotopic (exact) mass is 288 g/mol. The number of aliphatic carboxylic acids is 1. The van der Waals surface area contributed by atoms with Gasteiger partial charge in [-0.2, -0.15) is 0 Å². The number of hydrogen-bond donors (Lipinski definition) is 1. The van der Waals surface area contributed by atoms with Crippen LogP contribution in [0, 0.1) is 5.92 Å². The van der Waals surface area contributed by atoms with E-state index in [1.54, 1.807) is 38.4 Å². The average Bonchev–Trinajstić information content (AvgIpc) is 2.46. The third-order valence-corrected chi connectivity index (χ3v) is 3.56. The summed E-state index contributed by atoms with van der Waals surface area (Å²) in [7, 11) is 1.27. The Morgan fingerprint density at radius 2 is 1.86 bits per heavy atom. The van der Waals surface area contributed by atoms with Crippen LogP contribution in [-0.2, 0) is 14.3 Å². The number of hydrogen-bond acceptors (Lipinski definition) is 5. The van der Waals surface area contributed by atoms with E-state index >= 15 is 0 Å². The van der Waals surface area contributed by atoms with Crippen molar-refractivity contribution in [3.63, 3.8) is 0 Å². The molecule has 0 spiro atoms. The number of methoxy groups -OCH3 is 1. The van der Waals surface area contributed by atoms with Gasteiger partial charge in [0.25, 0.3) is 0 Å². The minimum absolute atomic E-state index is 0.279. The maximum absolute atomic E-state index is 12.1. The lowest BCUT2D eigenvalue weighted by Crippen LogP contribution is -2.35. The molecule has 0 aromatic carbocycles. The Morgan fingerprint density at radius 1 is 1.24 bits per heavy atom. The number of pyridine rings is 1. The van der Waals surface area contributed by atoms with Gasteiger partial charge in [-0.1, -0.05) is 0 Å². The normalized spacial score (nSPS) is 21.8. The Kier molecular flexibility index (Phi) is 4.16. The summed E-state index contributed by atoms with van der Waals surface area (Å²) in [4.78, 5) is 31.9. The molecule has 1 N–H and O–H groups in total. The number of aliphatic imine (C=N–C) groups is 1. The first-order chi connectivity index (χ1) is 9.97. The first-order valence-electron chi connectivity index (χ1n) is 6.44. The van der Waals surface area contributed by atoms with E-state index in [1.165, 1.54) is 7.11 Å². The predicted octanol–water partition coefficient (Wildman–Crippen LogP) is 1.79. The molecule has 2 heterocycles. The fraction of sp³-hybridized carbons (Fsp3) is 0.333. The molecule has 2 atom stereocenters. The zero-order valence-corrected chi connectivity index (χ0v) is 12.0. The van der Waals surface area contributed by atoms with Crippen LogP contribution in [0.25, 0.3) is 0 Å². The molecule has 0 radical (unpaired) electrons. The van der Waals surface area contributed by atoms with Gasteiger partial charge in [0.1, 0.15) is 5.92 Å². The molecule has 1 aliphatic rings. The molecule has 0 fully saturated rings. The van der Waals surface area contributed by atoms with Crippen molar-refractivity contribution in [2.24, 2.45) is 10.9 Å². The number of carboxylic acid groups (broad SMARTS) is 1. The topological polar surface area (TPSA) is 88.8 Å². The van der Waals surface area contributed by atoms with Gasteiger partial charge in [-0.15, -0.1) is 0 Å². The quantitative estimate of drug-likeness (QED) is 0.856. The fourth-order valence-corrected chi connectivity index (χ4v) is 2.66. The van der Waals surface area contributed by atoms with Gasteiger partial charge in [0.2, 0.25) is 0 Å². The van der Waals surface area contributed by atoms with Gasteiger partial charge in [-0.05, 0) is 31.5 Å². The highest BCUT2D eigenvalue weighted by molar-refractivity contribution is 6.06. The van der Waals surface area contributed by atoms with Crippen LogP contribution in [0.4, 0.5) is 0 Å². The first-order valence-corrected chi connectivity index (χ1v) is 6.44. The Hall–Kier alpha value is -2.50. The summed E-state index contributed by atoms with van der Waals surface area (Å²) in [6.07, 6.45) is 3.14. The molecular formula is C15H16N2O4. The summed E-state index contributed by atoms with van der Waals surface area (Å²) >= 11 is 0. The van der Waals surface area contributed by atoms with Gasteiger partial charge < -0.3 is 9.84 Å². The number of nitrogens with zero attached hydrogens (tertiary/aromatic N) is 2. The summed E-state index contributed by atoms with van der Waals surface area (Å²) in [5.41, 5.74) is 1.93. The number of esters is 1. The second-order valence-electron chi connectivity index (χ2n) is 4.82. The lowest BCUT2D eigenvalue weighted by Gasteiger charge is -2.30. The molecule has 6 nitrogen and oxygen atoms in total. The summed E-state index contributed by atoms with van der Waals surface area (Å²) in [6.45, 7) is 3.34. The summed E-state index contributed by atoms with van der Waals surface area (Å²) < 4.78 is 4.80. The van der Waals surface area contributed by atoms with E-state index in [9.17, 15) is 14.7 Å². The molecule has 110 valence electrons. The Labute approximate surface area is 122 Å². The highest BCUT2D eigenvalue weighted by atomic mass is 16.5. The van der Waals surface area contributed by atoms with Gasteiger partial charge in [-0.3, -0.25) is 14.8 Å². The van der Waals surface area contributed by atoms with Crippen LogP contribution >= 0.6 is 0 Å². The van der Waals surface area contributed by atoms with Crippen LogP contribution in [0.5, 0.6) is 0 Å². The largest absolute Gasteiger partial charge is 0.481 e. The van der Waals surface area contributed by atoms with Crippen molar-refractivity contribution in [2.45, 2.75) is 19.8 Å². The van der Waals surface area contributed by atoms with Crippen LogP contribution in [0.1, 0.15) is 25.3 Å². The van der Waals surface area contributed by atoms with E-state index < -0.39 is 23.8 Å². The van der Waals surface area contributed by atoms with E-state index in [4.69, 9.17) is 4.74 Å². The number of carbonyl (C=O) groups is 2. The zero-order chi connectivity index (χ0) is 15.6. The Bertz CT molecular complexity index is 634. The van der Waals surface area contributed by atoms with Gasteiger partial charge in [0.15, 0.2) is 0 Å². The highest BCUT2D eigenvalue weighted by Gasteiger charge is 2.41. The van der Waals surface area contributed by atoms with Gasteiger partial charge in [-0.25, -0.2) is 4.79 Å². The Balaban J connectivity index is 2.65. The zero-order valence-electron chi connectivity index (χ0n) is 12.0. The van der Waals surface area contributed by atoms with Crippen molar-refractivity contribution < 1.29 is 19.4 Å². The third-order valence-electron chi connectivity index (χ3n) is 3.56. The standard InChI is InChI=1S/C15H16N2O4/c1-8-11(14(18)19)13(10-4-6-16-7-5-10)12(9(2)17-8)15(20)21-3/h4-7,11,13H,1-3H3,(H,18,19). The van der Waals surface area contributed by atoms with E-state index in [1.807, 2.05) is 0 Å². The summed E-state index contributed by atoms with van der Waals surface area (Å²) in [5, 5.41) is 9.53. The van der Waals surface area contributed by atoms with Gasteiger partial charge in [0.05, 0.1) is 12.7 Å². The lowest BCUT2D eigenvalue weighted by atomic mass is 9.76. The molecule has 0 bridgehead atoms. The number of rotatable bonds is 3. The van der Waals surface area contributed by atoms with Crippen molar-refractivity contribution >= 4 is 17.7 Å². The number of ether oxygens (including phenoxy) is 1. The third kappa shape index (κ3) is 2.69. The number of allylic oxidation sites excluding steroid dienone is 1. The SMILES string of the molecule is COC(=O)C1=C(C)N=C(C)C(C(=O)O)C1c1ccncc1. The molecule has 6 heteroatoms. The summed E-state index contributed by atoms with van der Waals surface area (Å²) in [5.74, 6) is -3.11. The van der Waals surface area contributed by atoms with Crippen molar-refractivity contribution in [3.05, 3.63) is 41.4 Å². The van der Waals surface area contributed by atoms with Crippen LogP contribution in [0.15, 0.2) is 40.8 Å². The van der Waals surface area contributed by atoms with Crippen molar-refractivity contribution in [1.29, 1.82) is 0 Å². The molecule has 21 heavy (non-hydrogen) atoms. The average molecular weight is 288 g/mol. The molecule has 0 saturated carbocycles. The van der Waals surface area contributed by atoms with E-state index in [2.05, 4.69) is 9.98 Å². The molecule has 2 unspecified atom stereocenters. The number of carboxylic acids is 1. The maximum Gasteiger partial charge on any atom is 0.336 e. The molecule has 2 rings (SSSR count). The summed E-state index contributed by atoms with van der Waals surface area (Å²) in [6, 6.07) is 3.41. The van der Waals surface area contributed by atoms with Crippen LogP contribution < -0.4 is 0 Å². The highest BCUT2D eigenvalue weighted by Crippen LogP contribution is 2.39. The van der Waals surface area contributed by atoms with Crippen LogP contribution in [0.3, 0.4) is 0 Å². The first kappa shape index (κ1) is 14.9. The maximum atomic E-state index is 12.1. The van der Waals surface area contributed by atoms with Crippen LogP contribution in [0.2, 0.25) is 0 Å². The second kappa shape index (κ2) is 5.87. The van der Waals surface area contributed by atoms with E-state index in [0.717, 1.165) is 0 Å². The second-order valence-corrected chi connectivity index (χ2v) is 4.82. The van der Waals surface area contributed by atoms with E-state index in [0.29, 0.717) is 17.0 Å². The van der Waals surface area contributed by atoms with Crippen LogP contribution in [-0.4, -0.2) is 34.9 Å². The van der Waals surface area contributed by atoms with Crippen molar-refractivity contribution in [3.8, 4) is 0 Å². The lowest BCUT2D eigenvalue weighted by molar-refractivity contribution is -0.140. The minimum Gasteiger partial charge on any atom is -0.481 e. The predicted molar refractivity (Wildman–Crippen MR) is 75.9 cm³/mol. The van der Waals surface area contributed by atoms with E-state index in [-0.39, 0.29) is 5.57 Å². The van der Waals surface area contributed by atoms with Gasteiger partial charge >= 0.3 is 11.9 Å². The molecule has 1 aromatic rings. The molecule has 0 amide bonds. The van der Waals surface area contributed by atoms with Crippen molar-refractivity contribution in [1.82, 2.24) is 4.98 Å². The molecule has 1 aromatic heterocycles. The molecule has 1 aliphatic heterocycles.